The minimum Gasteiger partial charge on any atom is -0.502 e. The van der Waals surface area contributed by atoms with E-state index >= 15 is 0 Å². The second kappa shape index (κ2) is 3.21. The number of hydrogen-bond donors (Lipinski definition) is 1. The van der Waals surface area contributed by atoms with Crippen LogP contribution in [0.15, 0.2) is 21.5 Å². The van der Waals surface area contributed by atoms with Crippen molar-refractivity contribution in [1.82, 2.24) is 0 Å². The van der Waals surface area contributed by atoms with Gasteiger partial charge in [-0.05, 0) is 0 Å². The topological polar surface area (TPSA) is 84.6 Å². The van der Waals surface area contributed by atoms with Crippen molar-refractivity contribution < 1.29 is 17.9 Å². The molecule has 0 aliphatic carbocycles. The third kappa shape index (κ3) is 2.90. The first kappa shape index (κ1) is 9.79. The van der Waals surface area contributed by atoms with Crippen LogP contribution in [0.1, 0.15) is 5.76 Å². The fraction of sp³-hybridized carbons (Fsp3) is 0.286. The van der Waals surface area contributed by atoms with E-state index in [0.29, 0.717) is 0 Å². The van der Waals surface area contributed by atoms with Crippen molar-refractivity contribution >= 4 is 9.84 Å². The van der Waals surface area contributed by atoms with Crippen LogP contribution in [0.4, 0.5) is 0 Å². The third-order valence-electron chi connectivity index (χ3n) is 1.27. The highest BCUT2D eigenvalue weighted by atomic mass is 32.2. The smallest absolute Gasteiger partial charge is 0.226 e. The highest BCUT2D eigenvalue weighted by molar-refractivity contribution is 7.89. The summed E-state index contributed by atoms with van der Waals surface area (Å²) in [7, 11) is -3.22. The van der Waals surface area contributed by atoms with E-state index < -0.39 is 21.0 Å². The van der Waals surface area contributed by atoms with Gasteiger partial charge >= 0.3 is 0 Å². The average Bonchev–Trinajstić information content (AvgIpc) is 1.94. The summed E-state index contributed by atoms with van der Waals surface area (Å²) in [5.74, 6) is -0.856. The second-order valence-electron chi connectivity index (χ2n) is 2.67. The lowest BCUT2D eigenvalue weighted by Crippen LogP contribution is -2.05. The summed E-state index contributed by atoms with van der Waals surface area (Å²) in [6.45, 7) is 0. The molecule has 0 aromatic carbocycles. The second-order valence-corrected chi connectivity index (χ2v) is 4.81. The molecule has 0 aliphatic rings. The monoisotopic (exact) mass is 204 g/mol. The van der Waals surface area contributed by atoms with Gasteiger partial charge in [-0.1, -0.05) is 0 Å². The molecule has 0 saturated carbocycles. The van der Waals surface area contributed by atoms with Crippen molar-refractivity contribution in [3.63, 3.8) is 0 Å². The number of rotatable bonds is 2. The molecule has 0 saturated heterocycles. The van der Waals surface area contributed by atoms with E-state index in [1.54, 1.807) is 0 Å². The van der Waals surface area contributed by atoms with Crippen LogP contribution in [-0.2, 0) is 15.6 Å². The van der Waals surface area contributed by atoms with Crippen LogP contribution >= 0.6 is 0 Å². The molecule has 0 unspecified atom stereocenters. The summed E-state index contributed by atoms with van der Waals surface area (Å²) < 4.78 is 26.2. The molecule has 0 radical (unpaired) electrons. The molecule has 0 amide bonds. The van der Waals surface area contributed by atoms with Crippen molar-refractivity contribution in [2.24, 2.45) is 0 Å². The molecule has 1 aromatic heterocycles. The van der Waals surface area contributed by atoms with E-state index in [9.17, 15) is 13.2 Å². The van der Waals surface area contributed by atoms with Crippen LogP contribution in [0, 0.1) is 0 Å². The lowest BCUT2D eigenvalue weighted by molar-refractivity contribution is 0.418. The third-order valence-corrected chi connectivity index (χ3v) is 2.08. The van der Waals surface area contributed by atoms with Gasteiger partial charge in [0.05, 0.1) is 0 Å². The average molecular weight is 204 g/mol. The van der Waals surface area contributed by atoms with E-state index in [1.807, 2.05) is 0 Å². The van der Waals surface area contributed by atoms with Crippen LogP contribution in [0.25, 0.3) is 0 Å². The summed E-state index contributed by atoms with van der Waals surface area (Å²) in [5, 5.41) is 8.79. The lowest BCUT2D eigenvalue weighted by atomic mass is 10.4. The zero-order valence-electron chi connectivity index (χ0n) is 6.85. The van der Waals surface area contributed by atoms with Gasteiger partial charge in [0.15, 0.2) is 15.6 Å². The summed E-state index contributed by atoms with van der Waals surface area (Å²) >= 11 is 0. The Morgan fingerprint density at radius 2 is 2.15 bits per heavy atom. The SMILES string of the molecule is CS(=O)(=O)Cc1cc(=O)c(O)co1. The lowest BCUT2D eigenvalue weighted by Gasteiger charge is -1.97. The van der Waals surface area contributed by atoms with Crippen LogP contribution in [0.2, 0.25) is 0 Å². The summed E-state index contributed by atoms with van der Waals surface area (Å²) in [4.78, 5) is 10.8. The van der Waals surface area contributed by atoms with E-state index in [0.717, 1.165) is 18.6 Å². The van der Waals surface area contributed by atoms with Crippen molar-refractivity contribution in [3.8, 4) is 5.75 Å². The maximum Gasteiger partial charge on any atom is 0.226 e. The Bertz CT molecular complexity index is 456. The first-order valence-electron chi connectivity index (χ1n) is 3.37. The molecule has 72 valence electrons. The minimum atomic E-state index is -3.22. The molecule has 1 aromatic rings. The van der Waals surface area contributed by atoms with Gasteiger partial charge < -0.3 is 9.52 Å². The maximum atomic E-state index is 10.8. The number of sulfone groups is 1. The Labute approximate surface area is 74.5 Å². The standard InChI is InChI=1S/C7H8O5S/c1-13(10,11)4-5-2-6(8)7(9)3-12-5/h2-3,9H,4H2,1H3. The van der Waals surface area contributed by atoms with E-state index in [2.05, 4.69) is 4.42 Å². The molecule has 0 aliphatic heterocycles. The van der Waals surface area contributed by atoms with Gasteiger partial charge in [0, 0.05) is 12.3 Å². The summed E-state index contributed by atoms with van der Waals surface area (Å²) in [6, 6.07) is 0.955. The Balaban J connectivity index is 3.06. The molecule has 5 nitrogen and oxygen atoms in total. The quantitative estimate of drug-likeness (QED) is 0.726. The Kier molecular flexibility index (Phi) is 2.42. The molecule has 13 heavy (non-hydrogen) atoms. The van der Waals surface area contributed by atoms with E-state index in [-0.39, 0.29) is 11.5 Å². The first-order chi connectivity index (χ1) is 5.88. The van der Waals surface area contributed by atoms with Gasteiger partial charge in [-0.2, -0.15) is 0 Å². The molecule has 1 heterocycles. The van der Waals surface area contributed by atoms with Gasteiger partial charge in [0.2, 0.25) is 5.43 Å². The fourth-order valence-electron chi connectivity index (χ4n) is 0.778. The van der Waals surface area contributed by atoms with Gasteiger partial charge in [-0.15, -0.1) is 0 Å². The minimum absolute atomic E-state index is 0.0188. The summed E-state index contributed by atoms with van der Waals surface area (Å²) in [6.07, 6.45) is 1.85. The molecule has 1 N–H and O–H groups in total. The Morgan fingerprint density at radius 3 is 2.62 bits per heavy atom. The zero-order valence-corrected chi connectivity index (χ0v) is 7.67. The van der Waals surface area contributed by atoms with Crippen LogP contribution < -0.4 is 5.43 Å². The number of hydrogen-bond acceptors (Lipinski definition) is 5. The van der Waals surface area contributed by atoms with Gasteiger partial charge in [-0.3, -0.25) is 4.79 Å². The molecular formula is C7H8O5S. The highest BCUT2D eigenvalue weighted by Gasteiger charge is 2.08. The molecule has 0 bridgehead atoms. The summed E-state index contributed by atoms with van der Waals surface area (Å²) in [5.41, 5.74) is -0.648. The maximum absolute atomic E-state index is 10.8. The number of aromatic hydroxyl groups is 1. The van der Waals surface area contributed by atoms with Gasteiger partial charge in [-0.25, -0.2) is 8.42 Å². The Morgan fingerprint density at radius 1 is 1.54 bits per heavy atom. The van der Waals surface area contributed by atoms with Crippen LogP contribution in [0.5, 0.6) is 5.75 Å². The normalized spacial score (nSPS) is 11.5. The predicted molar refractivity (Wildman–Crippen MR) is 45.2 cm³/mol. The van der Waals surface area contributed by atoms with Gasteiger partial charge in [0.25, 0.3) is 0 Å². The highest BCUT2D eigenvalue weighted by Crippen LogP contribution is 2.06. The molecule has 0 spiro atoms. The van der Waals surface area contributed by atoms with Crippen LogP contribution in [0.3, 0.4) is 0 Å². The Hall–Kier alpha value is -1.30. The molecule has 0 atom stereocenters. The van der Waals surface area contributed by atoms with Crippen LogP contribution in [-0.4, -0.2) is 19.8 Å². The van der Waals surface area contributed by atoms with Crippen molar-refractivity contribution in [2.45, 2.75) is 5.75 Å². The largest absolute Gasteiger partial charge is 0.502 e. The zero-order chi connectivity index (χ0) is 10.1. The molecule has 1 rings (SSSR count). The van der Waals surface area contributed by atoms with Gasteiger partial charge in [0.1, 0.15) is 17.8 Å². The van der Waals surface area contributed by atoms with Crippen molar-refractivity contribution in [2.75, 3.05) is 6.26 Å². The fourth-order valence-corrected chi connectivity index (χ4v) is 1.45. The molecule has 6 heteroatoms. The molecule has 0 fully saturated rings. The van der Waals surface area contributed by atoms with E-state index in [1.165, 1.54) is 0 Å². The predicted octanol–water partition coefficient (Wildman–Crippen LogP) is -0.110. The van der Waals surface area contributed by atoms with Crippen molar-refractivity contribution in [1.29, 1.82) is 0 Å². The van der Waals surface area contributed by atoms with E-state index in [4.69, 9.17) is 5.11 Å². The van der Waals surface area contributed by atoms with Crippen molar-refractivity contribution in [3.05, 3.63) is 28.3 Å². The first-order valence-corrected chi connectivity index (χ1v) is 5.43. The molecular weight excluding hydrogens is 196 g/mol.